The van der Waals surface area contributed by atoms with Crippen molar-refractivity contribution in [3.8, 4) is 11.5 Å². The van der Waals surface area contributed by atoms with E-state index in [1.807, 2.05) is 36.6 Å². The van der Waals surface area contributed by atoms with E-state index in [-0.39, 0.29) is 17.2 Å². The van der Waals surface area contributed by atoms with Crippen molar-refractivity contribution in [1.82, 2.24) is 0 Å². The molecule has 0 saturated heterocycles. The lowest BCUT2D eigenvalue weighted by atomic mass is 9.86. The van der Waals surface area contributed by atoms with E-state index in [1.54, 1.807) is 31.0 Å². The minimum Gasteiger partial charge on any atom is -0.507 e. The summed E-state index contributed by atoms with van der Waals surface area (Å²) in [6.45, 7) is 6.39. The second kappa shape index (κ2) is 8.25. The number of ether oxygens (including phenoxy) is 1. The molecule has 29 heavy (non-hydrogen) atoms. The van der Waals surface area contributed by atoms with Crippen LogP contribution < -0.4 is 15.4 Å². The number of amides is 2. The summed E-state index contributed by atoms with van der Waals surface area (Å²) < 4.78 is 5.58. The average Bonchev–Trinajstić information content (AvgIpc) is 2.69. The van der Waals surface area contributed by atoms with E-state index in [4.69, 9.17) is 4.74 Å². The lowest BCUT2D eigenvalue weighted by Gasteiger charge is -2.23. The molecular formula is C23H26N2O3S. The van der Waals surface area contributed by atoms with Gasteiger partial charge in [-0.05, 0) is 41.5 Å². The Kier molecular flexibility index (Phi) is 5.94. The molecule has 0 unspecified atom stereocenters. The molecule has 3 rings (SSSR count). The van der Waals surface area contributed by atoms with Gasteiger partial charge < -0.3 is 20.5 Å². The van der Waals surface area contributed by atoms with Crippen molar-refractivity contribution in [1.29, 1.82) is 0 Å². The van der Waals surface area contributed by atoms with E-state index < -0.39 is 0 Å². The molecule has 0 radical (unpaired) electrons. The lowest BCUT2D eigenvalue weighted by Crippen LogP contribution is -2.21. The number of phenolic OH excluding ortho intramolecular Hbond substituents is 1. The SMILES string of the molecule is COc1c(NC(=O)Nc2ccc(O)c3ccccc23)cc(C(C)(C)C)cc1SC. The summed E-state index contributed by atoms with van der Waals surface area (Å²) >= 11 is 1.57. The zero-order chi connectivity index (χ0) is 21.2. The fraction of sp³-hybridized carbons (Fsp3) is 0.261. The average molecular weight is 411 g/mol. The number of benzene rings is 3. The summed E-state index contributed by atoms with van der Waals surface area (Å²) in [6.07, 6.45) is 1.98. The molecule has 0 fully saturated rings. The van der Waals surface area contributed by atoms with Gasteiger partial charge in [0.25, 0.3) is 0 Å². The fourth-order valence-corrected chi connectivity index (χ4v) is 3.78. The molecule has 5 nitrogen and oxygen atoms in total. The predicted octanol–water partition coefficient (Wildman–Crippen LogP) is 6.22. The van der Waals surface area contributed by atoms with Gasteiger partial charge in [0.2, 0.25) is 0 Å². The van der Waals surface area contributed by atoms with Gasteiger partial charge in [-0.15, -0.1) is 11.8 Å². The van der Waals surface area contributed by atoms with Crippen molar-refractivity contribution in [2.75, 3.05) is 24.0 Å². The zero-order valence-electron chi connectivity index (χ0n) is 17.3. The van der Waals surface area contributed by atoms with Crippen LogP contribution >= 0.6 is 11.8 Å². The van der Waals surface area contributed by atoms with Crippen LogP contribution in [0.25, 0.3) is 10.8 Å². The number of phenols is 1. The summed E-state index contributed by atoms with van der Waals surface area (Å²) in [4.78, 5) is 13.8. The van der Waals surface area contributed by atoms with Crippen LogP contribution in [0.15, 0.2) is 53.4 Å². The standard InChI is InChI=1S/C23H26N2O3S/c1-23(2,3)14-12-18(21(28-4)20(13-14)29-5)25-22(27)24-17-10-11-19(26)16-9-7-6-8-15(16)17/h6-13,26H,1-5H3,(H2,24,25,27). The number of fused-ring (bicyclic) bond motifs is 1. The Hall–Kier alpha value is -2.86. The number of nitrogens with one attached hydrogen (secondary N) is 2. The predicted molar refractivity (Wildman–Crippen MR) is 122 cm³/mol. The molecule has 0 atom stereocenters. The number of rotatable bonds is 4. The first-order chi connectivity index (χ1) is 13.7. The molecule has 0 heterocycles. The number of aromatic hydroxyl groups is 1. The van der Waals surface area contributed by atoms with Crippen LogP contribution in [0.2, 0.25) is 0 Å². The quantitative estimate of drug-likeness (QED) is 0.353. The minimum absolute atomic E-state index is 0.0726. The summed E-state index contributed by atoms with van der Waals surface area (Å²) in [5, 5.41) is 17.3. The van der Waals surface area contributed by atoms with E-state index in [0.717, 1.165) is 15.8 Å². The molecule has 0 saturated carbocycles. The van der Waals surface area contributed by atoms with Crippen LogP contribution in [-0.2, 0) is 5.41 Å². The molecule has 0 aliphatic rings. The van der Waals surface area contributed by atoms with E-state index in [2.05, 4.69) is 37.5 Å². The van der Waals surface area contributed by atoms with E-state index in [1.165, 1.54) is 0 Å². The van der Waals surface area contributed by atoms with Crippen molar-refractivity contribution in [3.05, 3.63) is 54.1 Å². The van der Waals surface area contributed by atoms with Gasteiger partial charge in [-0.25, -0.2) is 4.79 Å². The third kappa shape index (κ3) is 4.43. The normalized spacial score (nSPS) is 11.3. The molecule has 6 heteroatoms. The van der Waals surface area contributed by atoms with Crippen molar-refractivity contribution in [2.24, 2.45) is 0 Å². The summed E-state index contributed by atoms with van der Waals surface area (Å²) in [5.74, 6) is 0.812. The first kappa shape index (κ1) is 20.9. The number of hydrogen-bond donors (Lipinski definition) is 3. The van der Waals surface area contributed by atoms with E-state index >= 15 is 0 Å². The number of hydrogen-bond acceptors (Lipinski definition) is 4. The minimum atomic E-state index is -0.378. The Morgan fingerprint density at radius 1 is 1.00 bits per heavy atom. The smallest absolute Gasteiger partial charge is 0.323 e. The molecular weight excluding hydrogens is 384 g/mol. The molecule has 0 aliphatic carbocycles. The summed E-state index contributed by atoms with van der Waals surface area (Å²) in [5.41, 5.74) is 2.27. The second-order valence-electron chi connectivity index (χ2n) is 7.77. The Morgan fingerprint density at radius 3 is 2.28 bits per heavy atom. The topological polar surface area (TPSA) is 70.6 Å². The maximum absolute atomic E-state index is 12.8. The maximum Gasteiger partial charge on any atom is 0.323 e. The largest absolute Gasteiger partial charge is 0.507 e. The van der Waals surface area contributed by atoms with Crippen LogP contribution in [0.5, 0.6) is 11.5 Å². The van der Waals surface area contributed by atoms with Gasteiger partial charge in [0, 0.05) is 10.8 Å². The van der Waals surface area contributed by atoms with E-state index in [0.29, 0.717) is 22.5 Å². The Bertz CT molecular complexity index is 1060. The second-order valence-corrected chi connectivity index (χ2v) is 8.61. The van der Waals surface area contributed by atoms with Crippen LogP contribution in [-0.4, -0.2) is 24.5 Å². The van der Waals surface area contributed by atoms with Crippen LogP contribution in [0.4, 0.5) is 16.2 Å². The Labute approximate surface area is 175 Å². The number of carbonyl (C=O) groups excluding carboxylic acids is 1. The van der Waals surface area contributed by atoms with Crippen molar-refractivity contribution >= 4 is 39.9 Å². The fourth-order valence-electron chi connectivity index (χ4n) is 3.16. The van der Waals surface area contributed by atoms with Crippen LogP contribution in [0.1, 0.15) is 26.3 Å². The monoisotopic (exact) mass is 410 g/mol. The number of thioether (sulfide) groups is 1. The van der Waals surface area contributed by atoms with Gasteiger partial charge in [0.1, 0.15) is 5.75 Å². The van der Waals surface area contributed by atoms with Crippen molar-refractivity contribution in [3.63, 3.8) is 0 Å². The third-order valence-corrected chi connectivity index (χ3v) is 5.49. The van der Waals surface area contributed by atoms with Gasteiger partial charge in [0.05, 0.1) is 23.4 Å². The lowest BCUT2D eigenvalue weighted by molar-refractivity contribution is 0.262. The van der Waals surface area contributed by atoms with Gasteiger partial charge >= 0.3 is 6.03 Å². The number of carbonyl (C=O) groups is 1. The van der Waals surface area contributed by atoms with Crippen LogP contribution in [0, 0.1) is 0 Å². The molecule has 0 spiro atoms. The van der Waals surface area contributed by atoms with Crippen molar-refractivity contribution < 1.29 is 14.6 Å². The molecule has 0 aliphatic heterocycles. The first-order valence-electron chi connectivity index (χ1n) is 9.30. The highest BCUT2D eigenvalue weighted by atomic mass is 32.2. The van der Waals surface area contributed by atoms with Gasteiger partial charge in [-0.1, -0.05) is 45.0 Å². The van der Waals surface area contributed by atoms with Gasteiger partial charge in [-0.2, -0.15) is 0 Å². The number of urea groups is 1. The highest BCUT2D eigenvalue weighted by Crippen LogP contribution is 2.39. The van der Waals surface area contributed by atoms with E-state index in [9.17, 15) is 9.90 Å². The molecule has 0 bridgehead atoms. The molecule has 3 aromatic carbocycles. The molecule has 3 N–H and O–H groups in total. The summed E-state index contributed by atoms with van der Waals surface area (Å²) in [7, 11) is 1.60. The number of methoxy groups -OCH3 is 1. The Morgan fingerprint density at radius 2 is 1.66 bits per heavy atom. The highest BCUT2D eigenvalue weighted by Gasteiger charge is 2.20. The maximum atomic E-state index is 12.8. The number of anilines is 2. The summed E-state index contributed by atoms with van der Waals surface area (Å²) in [6, 6.07) is 14.3. The van der Waals surface area contributed by atoms with Crippen LogP contribution in [0.3, 0.4) is 0 Å². The van der Waals surface area contributed by atoms with Gasteiger partial charge in [-0.3, -0.25) is 0 Å². The first-order valence-corrected chi connectivity index (χ1v) is 10.5. The highest BCUT2D eigenvalue weighted by molar-refractivity contribution is 7.98. The Balaban J connectivity index is 1.94. The van der Waals surface area contributed by atoms with Gasteiger partial charge in [0.15, 0.2) is 5.75 Å². The molecule has 3 aromatic rings. The van der Waals surface area contributed by atoms with Crippen molar-refractivity contribution in [2.45, 2.75) is 31.1 Å². The molecule has 0 aromatic heterocycles. The third-order valence-electron chi connectivity index (χ3n) is 4.74. The molecule has 152 valence electrons. The molecule has 2 amide bonds. The zero-order valence-corrected chi connectivity index (χ0v) is 18.1.